The van der Waals surface area contributed by atoms with E-state index in [1.54, 1.807) is 7.11 Å². The Bertz CT molecular complexity index is 485. The minimum atomic E-state index is -0.0987. The van der Waals surface area contributed by atoms with Crippen LogP contribution in [0.5, 0.6) is 5.75 Å². The molecule has 1 amide bonds. The molecule has 4 heteroatoms. The third-order valence-corrected chi connectivity index (χ3v) is 4.66. The van der Waals surface area contributed by atoms with Gasteiger partial charge in [0.1, 0.15) is 5.75 Å². The molecule has 1 aliphatic carbocycles. The summed E-state index contributed by atoms with van der Waals surface area (Å²) in [6.45, 7) is 5.59. The van der Waals surface area contributed by atoms with Crippen LogP contribution in [0.3, 0.4) is 0 Å². The summed E-state index contributed by atoms with van der Waals surface area (Å²) in [6, 6.07) is 7.76. The summed E-state index contributed by atoms with van der Waals surface area (Å²) in [5.74, 6) is 1.39. The minimum Gasteiger partial charge on any atom is -0.497 e. The van der Waals surface area contributed by atoms with E-state index in [4.69, 9.17) is 10.5 Å². The standard InChI is InChI=1S/C17H26N2O2/c1-4-19(5-2)17(20)15-10-9-14(15)16(18)12-7-6-8-13(11-12)21-3/h6-8,11,14-16H,4-5,9-10,18H2,1-3H3. The number of hydrogen-bond acceptors (Lipinski definition) is 3. The van der Waals surface area contributed by atoms with Gasteiger partial charge in [-0.25, -0.2) is 0 Å². The summed E-state index contributed by atoms with van der Waals surface area (Å²) in [4.78, 5) is 14.4. The van der Waals surface area contributed by atoms with Crippen LogP contribution in [-0.2, 0) is 4.79 Å². The zero-order chi connectivity index (χ0) is 15.4. The predicted octanol–water partition coefficient (Wildman–Crippen LogP) is 2.59. The van der Waals surface area contributed by atoms with Crippen LogP contribution in [0.4, 0.5) is 0 Å². The second-order valence-electron chi connectivity index (χ2n) is 5.66. The van der Waals surface area contributed by atoms with Crippen LogP contribution in [0.25, 0.3) is 0 Å². The fourth-order valence-electron chi connectivity index (χ4n) is 3.13. The van der Waals surface area contributed by atoms with Gasteiger partial charge in [-0.1, -0.05) is 12.1 Å². The van der Waals surface area contributed by atoms with Crippen LogP contribution in [0.2, 0.25) is 0 Å². The van der Waals surface area contributed by atoms with Crippen molar-refractivity contribution in [3.8, 4) is 5.75 Å². The molecule has 0 aromatic heterocycles. The highest BCUT2D eigenvalue weighted by Crippen LogP contribution is 2.43. The summed E-state index contributed by atoms with van der Waals surface area (Å²) in [7, 11) is 1.65. The molecule has 3 unspecified atom stereocenters. The van der Waals surface area contributed by atoms with E-state index in [2.05, 4.69) is 0 Å². The van der Waals surface area contributed by atoms with Crippen molar-refractivity contribution in [2.75, 3.05) is 20.2 Å². The van der Waals surface area contributed by atoms with Crippen molar-refractivity contribution in [3.63, 3.8) is 0 Å². The number of nitrogens with two attached hydrogens (primary N) is 1. The second kappa shape index (κ2) is 6.94. The molecule has 0 aliphatic heterocycles. The monoisotopic (exact) mass is 290 g/mol. The van der Waals surface area contributed by atoms with Gasteiger partial charge in [-0.2, -0.15) is 0 Å². The van der Waals surface area contributed by atoms with Gasteiger partial charge in [-0.3, -0.25) is 4.79 Å². The first-order valence-corrected chi connectivity index (χ1v) is 7.80. The number of rotatable bonds is 6. The maximum atomic E-state index is 12.5. The molecular formula is C17H26N2O2. The maximum absolute atomic E-state index is 12.5. The lowest BCUT2D eigenvalue weighted by molar-refractivity contribution is -0.141. The maximum Gasteiger partial charge on any atom is 0.226 e. The first-order valence-electron chi connectivity index (χ1n) is 7.80. The molecule has 0 spiro atoms. The quantitative estimate of drug-likeness (QED) is 0.876. The topological polar surface area (TPSA) is 55.6 Å². The number of ether oxygens (including phenoxy) is 1. The molecule has 1 aromatic rings. The first-order chi connectivity index (χ1) is 10.1. The Hall–Kier alpha value is -1.55. The summed E-state index contributed by atoms with van der Waals surface area (Å²) >= 11 is 0. The molecular weight excluding hydrogens is 264 g/mol. The Balaban J connectivity index is 2.09. The molecule has 21 heavy (non-hydrogen) atoms. The summed E-state index contributed by atoms with van der Waals surface area (Å²) < 4.78 is 5.25. The third-order valence-electron chi connectivity index (χ3n) is 4.66. The van der Waals surface area contributed by atoms with E-state index in [0.29, 0.717) is 0 Å². The number of amides is 1. The molecule has 0 bridgehead atoms. The third kappa shape index (κ3) is 3.21. The van der Waals surface area contributed by atoms with Crippen LogP contribution in [0.1, 0.15) is 38.3 Å². The Kier molecular flexibility index (Phi) is 5.23. The molecule has 116 valence electrons. The van der Waals surface area contributed by atoms with Crippen molar-refractivity contribution in [2.24, 2.45) is 17.6 Å². The van der Waals surface area contributed by atoms with Gasteiger partial charge in [-0.15, -0.1) is 0 Å². The van der Waals surface area contributed by atoms with E-state index >= 15 is 0 Å². The van der Waals surface area contributed by atoms with Crippen molar-refractivity contribution in [3.05, 3.63) is 29.8 Å². The average molecular weight is 290 g/mol. The molecule has 0 radical (unpaired) electrons. The Morgan fingerprint density at radius 3 is 2.62 bits per heavy atom. The van der Waals surface area contributed by atoms with Crippen LogP contribution in [0, 0.1) is 11.8 Å². The zero-order valence-corrected chi connectivity index (χ0v) is 13.2. The van der Waals surface area contributed by atoms with Gasteiger partial charge in [-0.05, 0) is 50.3 Å². The lowest BCUT2D eigenvalue weighted by atomic mass is 9.67. The van der Waals surface area contributed by atoms with E-state index in [9.17, 15) is 4.79 Å². The van der Waals surface area contributed by atoms with Gasteiger partial charge in [0.25, 0.3) is 0 Å². The first kappa shape index (κ1) is 15.8. The largest absolute Gasteiger partial charge is 0.497 e. The van der Waals surface area contributed by atoms with Crippen molar-refractivity contribution >= 4 is 5.91 Å². The van der Waals surface area contributed by atoms with Crippen LogP contribution >= 0.6 is 0 Å². The number of methoxy groups -OCH3 is 1. The summed E-state index contributed by atoms with van der Waals surface area (Å²) in [5.41, 5.74) is 7.46. The number of benzene rings is 1. The normalized spacial score (nSPS) is 22.3. The zero-order valence-electron chi connectivity index (χ0n) is 13.2. The molecule has 0 heterocycles. The average Bonchev–Trinajstić information content (AvgIpc) is 2.47. The summed E-state index contributed by atoms with van der Waals surface area (Å²) in [6.07, 6.45) is 1.98. The Morgan fingerprint density at radius 1 is 1.38 bits per heavy atom. The highest BCUT2D eigenvalue weighted by atomic mass is 16.5. The second-order valence-corrected chi connectivity index (χ2v) is 5.66. The number of nitrogens with zero attached hydrogens (tertiary/aromatic N) is 1. The lowest BCUT2D eigenvalue weighted by Crippen LogP contribution is -2.46. The molecule has 1 aliphatic rings. The molecule has 2 rings (SSSR count). The molecule has 3 atom stereocenters. The molecule has 1 saturated carbocycles. The molecule has 1 aromatic carbocycles. The number of carbonyl (C=O) groups is 1. The summed E-state index contributed by atoms with van der Waals surface area (Å²) in [5, 5.41) is 0. The van der Waals surface area contributed by atoms with Gasteiger partial charge >= 0.3 is 0 Å². The number of carbonyl (C=O) groups excluding carboxylic acids is 1. The van der Waals surface area contributed by atoms with Gasteiger partial charge < -0.3 is 15.4 Å². The molecule has 0 saturated heterocycles. The molecule has 4 nitrogen and oxygen atoms in total. The predicted molar refractivity (Wildman–Crippen MR) is 84.1 cm³/mol. The fraction of sp³-hybridized carbons (Fsp3) is 0.588. The van der Waals surface area contributed by atoms with Crippen molar-refractivity contribution < 1.29 is 9.53 Å². The van der Waals surface area contributed by atoms with Gasteiger partial charge in [0.2, 0.25) is 5.91 Å². The minimum absolute atomic E-state index is 0.0751. The van der Waals surface area contributed by atoms with Gasteiger partial charge in [0.15, 0.2) is 0 Å². The van der Waals surface area contributed by atoms with Gasteiger partial charge in [0.05, 0.1) is 7.11 Å². The smallest absolute Gasteiger partial charge is 0.226 e. The fourth-order valence-corrected chi connectivity index (χ4v) is 3.13. The van der Waals surface area contributed by atoms with Crippen LogP contribution < -0.4 is 10.5 Å². The van der Waals surface area contributed by atoms with Crippen LogP contribution in [-0.4, -0.2) is 31.0 Å². The van der Waals surface area contributed by atoms with Crippen LogP contribution in [0.15, 0.2) is 24.3 Å². The van der Waals surface area contributed by atoms with E-state index in [1.807, 2.05) is 43.0 Å². The Labute approximate surface area is 127 Å². The van der Waals surface area contributed by atoms with Crippen molar-refractivity contribution in [2.45, 2.75) is 32.7 Å². The van der Waals surface area contributed by atoms with Crippen molar-refractivity contribution in [1.82, 2.24) is 4.90 Å². The Morgan fingerprint density at radius 2 is 2.10 bits per heavy atom. The lowest BCUT2D eigenvalue weighted by Gasteiger charge is -2.41. The van der Waals surface area contributed by atoms with E-state index in [0.717, 1.165) is 37.2 Å². The molecule has 2 N–H and O–H groups in total. The molecule has 1 fully saturated rings. The number of hydrogen-bond donors (Lipinski definition) is 1. The van der Waals surface area contributed by atoms with E-state index in [1.165, 1.54) is 0 Å². The highest BCUT2D eigenvalue weighted by molar-refractivity contribution is 5.80. The van der Waals surface area contributed by atoms with E-state index in [-0.39, 0.29) is 23.8 Å². The van der Waals surface area contributed by atoms with Crippen molar-refractivity contribution in [1.29, 1.82) is 0 Å². The van der Waals surface area contributed by atoms with E-state index < -0.39 is 0 Å². The SMILES string of the molecule is CCN(CC)C(=O)C1CCC1C(N)c1cccc(OC)c1. The van der Waals surface area contributed by atoms with Gasteiger partial charge in [0, 0.05) is 25.0 Å². The highest BCUT2D eigenvalue weighted by Gasteiger charge is 2.41.